The Balaban J connectivity index is 1.93. The van der Waals surface area contributed by atoms with Gasteiger partial charge in [-0.2, -0.15) is 0 Å². The second kappa shape index (κ2) is 6.99. The Morgan fingerprint density at radius 3 is 2.81 bits per heavy atom. The third-order valence-corrected chi connectivity index (χ3v) is 3.69. The van der Waals surface area contributed by atoms with Gasteiger partial charge in [-0.15, -0.1) is 11.8 Å². The fourth-order valence-corrected chi connectivity index (χ4v) is 2.41. The predicted molar refractivity (Wildman–Crippen MR) is 83.2 cm³/mol. The van der Waals surface area contributed by atoms with Gasteiger partial charge in [-0.25, -0.2) is 4.39 Å². The van der Waals surface area contributed by atoms with Gasteiger partial charge in [-0.1, -0.05) is 6.07 Å². The van der Waals surface area contributed by atoms with Gasteiger partial charge in [0.15, 0.2) is 0 Å². The van der Waals surface area contributed by atoms with Gasteiger partial charge in [-0.05, 0) is 30.3 Å². The first-order chi connectivity index (χ1) is 10.1. The van der Waals surface area contributed by atoms with Crippen LogP contribution in [-0.4, -0.2) is 18.8 Å². The lowest BCUT2D eigenvalue weighted by molar-refractivity contribution is -0.113. The maximum Gasteiger partial charge on any atom is 0.234 e. The molecule has 0 radical (unpaired) electrons. The van der Waals surface area contributed by atoms with E-state index in [1.54, 1.807) is 37.4 Å². The molecule has 0 heterocycles. The molecule has 0 fully saturated rings. The van der Waals surface area contributed by atoms with Crippen molar-refractivity contribution in [3.8, 4) is 5.75 Å². The van der Waals surface area contributed by atoms with E-state index in [1.807, 2.05) is 0 Å². The summed E-state index contributed by atoms with van der Waals surface area (Å²) in [5.74, 6) is 0.273. The molecule has 0 aliphatic heterocycles. The molecule has 0 atom stereocenters. The molecule has 3 N–H and O–H groups in total. The number of carbonyl (C=O) groups excluding carboxylic acids is 1. The van der Waals surface area contributed by atoms with Crippen LogP contribution in [0.3, 0.4) is 0 Å². The summed E-state index contributed by atoms with van der Waals surface area (Å²) in [6.07, 6.45) is 0. The lowest BCUT2D eigenvalue weighted by atomic mass is 10.2. The minimum absolute atomic E-state index is 0.176. The molecule has 6 heteroatoms. The average Bonchev–Trinajstić information content (AvgIpc) is 2.47. The molecule has 0 unspecified atom stereocenters. The summed E-state index contributed by atoms with van der Waals surface area (Å²) in [5.41, 5.74) is 6.78. The molecule has 4 nitrogen and oxygen atoms in total. The minimum atomic E-state index is -0.320. The number of carbonyl (C=O) groups is 1. The van der Waals surface area contributed by atoms with Crippen LogP contribution in [0, 0.1) is 5.82 Å². The zero-order valence-electron chi connectivity index (χ0n) is 11.4. The number of nitrogen functional groups attached to an aromatic ring is 1. The standard InChI is InChI=1S/C15H15FN2O2S/c1-20-11-5-6-14(13(17)8-11)18-15(19)9-21-12-4-2-3-10(16)7-12/h2-8H,9,17H2,1H3,(H,18,19). The fourth-order valence-electron chi connectivity index (χ4n) is 1.67. The molecule has 21 heavy (non-hydrogen) atoms. The van der Waals surface area contributed by atoms with E-state index < -0.39 is 0 Å². The molecule has 0 aromatic heterocycles. The Kier molecular flexibility index (Phi) is 5.05. The highest BCUT2D eigenvalue weighted by Gasteiger charge is 2.07. The van der Waals surface area contributed by atoms with E-state index in [2.05, 4.69) is 5.32 Å². The third kappa shape index (κ3) is 4.39. The quantitative estimate of drug-likeness (QED) is 0.658. The molecule has 2 aromatic rings. The van der Waals surface area contributed by atoms with Crippen LogP contribution in [0.15, 0.2) is 47.4 Å². The smallest absolute Gasteiger partial charge is 0.234 e. The molecule has 0 bridgehead atoms. The Morgan fingerprint density at radius 2 is 2.14 bits per heavy atom. The SMILES string of the molecule is COc1ccc(NC(=O)CSc2cccc(F)c2)c(N)c1. The highest BCUT2D eigenvalue weighted by molar-refractivity contribution is 8.00. The first-order valence-electron chi connectivity index (χ1n) is 6.20. The van der Waals surface area contributed by atoms with E-state index in [-0.39, 0.29) is 17.5 Å². The number of rotatable bonds is 5. The molecule has 0 aliphatic rings. The summed E-state index contributed by atoms with van der Waals surface area (Å²) in [7, 11) is 1.54. The van der Waals surface area contributed by atoms with Crippen molar-refractivity contribution in [2.45, 2.75) is 4.90 Å². The number of thioether (sulfide) groups is 1. The molecule has 2 rings (SSSR count). The number of hydrogen-bond donors (Lipinski definition) is 2. The lowest BCUT2D eigenvalue weighted by Gasteiger charge is -2.09. The van der Waals surface area contributed by atoms with Crippen molar-refractivity contribution in [2.75, 3.05) is 23.9 Å². The number of amides is 1. The van der Waals surface area contributed by atoms with Crippen LogP contribution in [0.4, 0.5) is 15.8 Å². The second-order valence-corrected chi connectivity index (χ2v) is 5.30. The Labute approximate surface area is 126 Å². The number of anilines is 2. The summed E-state index contributed by atoms with van der Waals surface area (Å²) < 4.78 is 18.1. The van der Waals surface area contributed by atoms with Crippen LogP contribution < -0.4 is 15.8 Å². The number of nitrogens with two attached hydrogens (primary N) is 1. The molecule has 0 aliphatic carbocycles. The van der Waals surface area contributed by atoms with Crippen molar-refractivity contribution < 1.29 is 13.9 Å². The predicted octanol–water partition coefficient (Wildman–Crippen LogP) is 3.15. The minimum Gasteiger partial charge on any atom is -0.497 e. The summed E-state index contributed by atoms with van der Waals surface area (Å²) >= 11 is 1.26. The van der Waals surface area contributed by atoms with Gasteiger partial charge < -0.3 is 15.8 Å². The number of methoxy groups -OCH3 is 1. The first kappa shape index (κ1) is 15.2. The number of halogens is 1. The van der Waals surface area contributed by atoms with Crippen molar-refractivity contribution in [1.82, 2.24) is 0 Å². The summed E-state index contributed by atoms with van der Waals surface area (Å²) in [6, 6.07) is 11.1. The van der Waals surface area contributed by atoms with Gasteiger partial charge >= 0.3 is 0 Å². The second-order valence-electron chi connectivity index (χ2n) is 4.25. The van der Waals surface area contributed by atoms with Crippen LogP contribution in [-0.2, 0) is 4.79 Å². The van der Waals surface area contributed by atoms with Gasteiger partial charge in [0.2, 0.25) is 5.91 Å². The van der Waals surface area contributed by atoms with Crippen LogP contribution in [0.25, 0.3) is 0 Å². The molecule has 0 spiro atoms. The van der Waals surface area contributed by atoms with Gasteiger partial charge in [0, 0.05) is 11.0 Å². The van der Waals surface area contributed by atoms with E-state index >= 15 is 0 Å². The highest BCUT2D eigenvalue weighted by Crippen LogP contribution is 2.25. The fraction of sp³-hybridized carbons (Fsp3) is 0.133. The molecular weight excluding hydrogens is 291 g/mol. The van der Waals surface area contributed by atoms with Crippen molar-refractivity contribution in [2.24, 2.45) is 0 Å². The first-order valence-corrected chi connectivity index (χ1v) is 7.19. The Bertz CT molecular complexity index is 649. The number of benzene rings is 2. The van der Waals surface area contributed by atoms with Gasteiger partial charge in [0.1, 0.15) is 11.6 Å². The highest BCUT2D eigenvalue weighted by atomic mass is 32.2. The summed E-state index contributed by atoms with van der Waals surface area (Å²) in [4.78, 5) is 12.6. The van der Waals surface area contributed by atoms with Crippen molar-refractivity contribution in [3.05, 3.63) is 48.3 Å². The number of ether oxygens (including phenoxy) is 1. The van der Waals surface area contributed by atoms with Gasteiger partial charge in [-0.3, -0.25) is 4.79 Å². The van der Waals surface area contributed by atoms with Crippen LogP contribution >= 0.6 is 11.8 Å². The van der Waals surface area contributed by atoms with E-state index in [9.17, 15) is 9.18 Å². The van der Waals surface area contributed by atoms with Crippen molar-refractivity contribution in [1.29, 1.82) is 0 Å². The summed E-state index contributed by atoms with van der Waals surface area (Å²) in [6.45, 7) is 0. The monoisotopic (exact) mass is 306 g/mol. The van der Waals surface area contributed by atoms with E-state index in [0.717, 1.165) is 0 Å². The van der Waals surface area contributed by atoms with Crippen LogP contribution in [0.1, 0.15) is 0 Å². The number of hydrogen-bond acceptors (Lipinski definition) is 4. The van der Waals surface area contributed by atoms with Crippen LogP contribution in [0.2, 0.25) is 0 Å². The molecule has 1 amide bonds. The average molecular weight is 306 g/mol. The molecule has 0 saturated carbocycles. The Morgan fingerprint density at radius 1 is 1.33 bits per heavy atom. The molecular formula is C15H15FN2O2S. The topological polar surface area (TPSA) is 64.3 Å². The van der Waals surface area contributed by atoms with Crippen molar-refractivity contribution >= 4 is 29.0 Å². The van der Waals surface area contributed by atoms with E-state index in [4.69, 9.17) is 10.5 Å². The molecule has 0 saturated heterocycles. The third-order valence-electron chi connectivity index (χ3n) is 2.70. The maximum absolute atomic E-state index is 13.0. The maximum atomic E-state index is 13.0. The van der Waals surface area contributed by atoms with Gasteiger partial charge in [0.25, 0.3) is 0 Å². The molecule has 110 valence electrons. The number of nitrogens with one attached hydrogen (secondary N) is 1. The van der Waals surface area contributed by atoms with Crippen LogP contribution in [0.5, 0.6) is 5.75 Å². The van der Waals surface area contributed by atoms with E-state index in [0.29, 0.717) is 22.0 Å². The Hall–Kier alpha value is -2.21. The lowest BCUT2D eigenvalue weighted by Crippen LogP contribution is -2.15. The zero-order chi connectivity index (χ0) is 15.2. The zero-order valence-corrected chi connectivity index (χ0v) is 12.2. The normalized spacial score (nSPS) is 10.2. The van der Waals surface area contributed by atoms with Gasteiger partial charge in [0.05, 0.1) is 24.2 Å². The van der Waals surface area contributed by atoms with Crippen molar-refractivity contribution in [3.63, 3.8) is 0 Å². The summed E-state index contributed by atoms with van der Waals surface area (Å²) in [5, 5.41) is 2.71. The molecule has 2 aromatic carbocycles. The van der Waals surface area contributed by atoms with E-state index in [1.165, 1.54) is 23.9 Å². The largest absolute Gasteiger partial charge is 0.497 e.